The number of rotatable bonds is 5. The third kappa shape index (κ3) is 4.65. The first kappa shape index (κ1) is 15.7. The summed E-state index contributed by atoms with van der Waals surface area (Å²) in [6.45, 7) is 3.50. The lowest BCUT2D eigenvalue weighted by Crippen LogP contribution is -2.40. The molecule has 0 aliphatic heterocycles. The molecule has 0 saturated carbocycles. The van der Waals surface area contributed by atoms with E-state index in [1.807, 2.05) is 19.1 Å². The minimum atomic E-state index is -0.949. The van der Waals surface area contributed by atoms with Gasteiger partial charge in [0, 0.05) is 10.2 Å². The SMILES string of the molecule is Cc1cc(NC(=O)CN(C)C(C)C(=O)O)ccc1Br. The highest BCUT2D eigenvalue weighted by Crippen LogP contribution is 2.19. The molecule has 104 valence electrons. The fourth-order valence-corrected chi connectivity index (χ4v) is 1.72. The summed E-state index contributed by atoms with van der Waals surface area (Å²) in [5, 5.41) is 11.6. The first-order chi connectivity index (χ1) is 8.81. The van der Waals surface area contributed by atoms with Gasteiger partial charge in [-0.25, -0.2) is 0 Å². The van der Waals surface area contributed by atoms with Crippen molar-refractivity contribution in [1.29, 1.82) is 0 Å². The number of benzene rings is 1. The van der Waals surface area contributed by atoms with Crippen LogP contribution >= 0.6 is 15.9 Å². The van der Waals surface area contributed by atoms with E-state index in [4.69, 9.17) is 5.11 Å². The first-order valence-electron chi connectivity index (χ1n) is 5.80. The molecule has 0 aliphatic carbocycles. The number of anilines is 1. The highest BCUT2D eigenvalue weighted by molar-refractivity contribution is 9.10. The van der Waals surface area contributed by atoms with Crippen LogP contribution < -0.4 is 5.32 Å². The molecule has 6 heteroatoms. The number of carbonyl (C=O) groups excluding carboxylic acids is 1. The number of likely N-dealkylation sites (N-methyl/N-ethyl adjacent to an activating group) is 1. The van der Waals surface area contributed by atoms with Crippen LogP contribution in [0.1, 0.15) is 12.5 Å². The van der Waals surface area contributed by atoms with Gasteiger partial charge in [-0.3, -0.25) is 14.5 Å². The molecule has 0 bridgehead atoms. The number of nitrogens with zero attached hydrogens (tertiary/aromatic N) is 1. The number of hydrogen-bond acceptors (Lipinski definition) is 3. The van der Waals surface area contributed by atoms with E-state index in [0.717, 1.165) is 10.0 Å². The van der Waals surface area contributed by atoms with Gasteiger partial charge in [-0.2, -0.15) is 0 Å². The molecular formula is C13H17BrN2O3. The molecule has 0 aromatic heterocycles. The number of carboxylic acid groups (broad SMARTS) is 1. The Labute approximate surface area is 120 Å². The van der Waals surface area contributed by atoms with Crippen molar-refractivity contribution in [1.82, 2.24) is 4.90 Å². The van der Waals surface area contributed by atoms with Crippen LogP contribution in [0.2, 0.25) is 0 Å². The van der Waals surface area contributed by atoms with Crippen molar-refractivity contribution in [2.75, 3.05) is 18.9 Å². The van der Waals surface area contributed by atoms with E-state index in [9.17, 15) is 9.59 Å². The number of aliphatic carboxylic acids is 1. The average molecular weight is 329 g/mol. The Morgan fingerprint density at radius 3 is 2.63 bits per heavy atom. The largest absolute Gasteiger partial charge is 0.480 e. The van der Waals surface area contributed by atoms with E-state index >= 15 is 0 Å². The van der Waals surface area contributed by atoms with Crippen LogP contribution in [-0.4, -0.2) is 41.5 Å². The van der Waals surface area contributed by atoms with Crippen LogP contribution in [0.3, 0.4) is 0 Å². The molecule has 0 aliphatic rings. The second kappa shape index (κ2) is 6.68. The lowest BCUT2D eigenvalue weighted by atomic mass is 10.2. The van der Waals surface area contributed by atoms with Gasteiger partial charge in [0.1, 0.15) is 6.04 Å². The van der Waals surface area contributed by atoms with Gasteiger partial charge in [0.25, 0.3) is 0 Å². The predicted octanol–water partition coefficient (Wildman–Crippen LogP) is 2.10. The molecule has 5 nitrogen and oxygen atoms in total. The quantitative estimate of drug-likeness (QED) is 0.868. The van der Waals surface area contributed by atoms with Crippen molar-refractivity contribution in [3.63, 3.8) is 0 Å². The van der Waals surface area contributed by atoms with E-state index in [1.54, 1.807) is 20.0 Å². The second-order valence-corrected chi connectivity index (χ2v) is 5.30. The summed E-state index contributed by atoms with van der Waals surface area (Å²) in [6.07, 6.45) is 0. The number of carbonyl (C=O) groups is 2. The normalized spacial score (nSPS) is 12.3. The molecule has 1 aromatic rings. The van der Waals surface area contributed by atoms with Crippen molar-refractivity contribution in [2.45, 2.75) is 19.9 Å². The van der Waals surface area contributed by atoms with Crippen LogP contribution in [0, 0.1) is 6.92 Å². The highest BCUT2D eigenvalue weighted by atomic mass is 79.9. The third-order valence-corrected chi connectivity index (χ3v) is 3.74. The number of hydrogen-bond donors (Lipinski definition) is 2. The molecular weight excluding hydrogens is 312 g/mol. The molecule has 0 heterocycles. The maximum absolute atomic E-state index is 11.8. The second-order valence-electron chi connectivity index (χ2n) is 4.44. The maximum Gasteiger partial charge on any atom is 0.320 e. The van der Waals surface area contributed by atoms with Gasteiger partial charge in [0.2, 0.25) is 5.91 Å². The third-order valence-electron chi connectivity index (χ3n) is 2.85. The Bertz CT molecular complexity index is 491. The van der Waals surface area contributed by atoms with Crippen LogP contribution in [0.15, 0.2) is 22.7 Å². The van der Waals surface area contributed by atoms with Gasteiger partial charge >= 0.3 is 5.97 Å². The predicted molar refractivity (Wildman–Crippen MR) is 77.2 cm³/mol. The zero-order chi connectivity index (χ0) is 14.6. The molecule has 1 atom stereocenters. The van der Waals surface area contributed by atoms with Crippen LogP contribution in [0.4, 0.5) is 5.69 Å². The standard InChI is InChI=1S/C13H17BrN2O3/c1-8-6-10(4-5-11(8)14)15-12(17)7-16(3)9(2)13(18)19/h4-6,9H,7H2,1-3H3,(H,15,17)(H,18,19). The number of aryl methyl sites for hydroxylation is 1. The van der Waals surface area contributed by atoms with Crippen LogP contribution in [-0.2, 0) is 9.59 Å². The monoisotopic (exact) mass is 328 g/mol. The summed E-state index contributed by atoms with van der Waals surface area (Å²) in [5.41, 5.74) is 1.71. The minimum absolute atomic E-state index is 0.0303. The molecule has 19 heavy (non-hydrogen) atoms. The van der Waals surface area contributed by atoms with Gasteiger partial charge in [0.05, 0.1) is 6.54 Å². The Balaban J connectivity index is 2.60. The molecule has 1 amide bonds. The van der Waals surface area contributed by atoms with Crippen molar-refractivity contribution < 1.29 is 14.7 Å². The maximum atomic E-state index is 11.8. The van der Waals surface area contributed by atoms with E-state index in [0.29, 0.717) is 5.69 Å². The van der Waals surface area contributed by atoms with Crippen molar-refractivity contribution in [3.05, 3.63) is 28.2 Å². The molecule has 0 saturated heterocycles. The molecule has 1 rings (SSSR count). The van der Waals surface area contributed by atoms with Gasteiger partial charge in [-0.15, -0.1) is 0 Å². The molecule has 1 aromatic carbocycles. The van der Waals surface area contributed by atoms with Gasteiger partial charge in [0.15, 0.2) is 0 Å². The molecule has 2 N–H and O–H groups in total. The van der Waals surface area contributed by atoms with Crippen LogP contribution in [0.5, 0.6) is 0 Å². The zero-order valence-corrected chi connectivity index (χ0v) is 12.7. The topological polar surface area (TPSA) is 69.6 Å². The minimum Gasteiger partial charge on any atom is -0.480 e. The highest BCUT2D eigenvalue weighted by Gasteiger charge is 2.19. The Morgan fingerprint density at radius 2 is 2.11 bits per heavy atom. The fourth-order valence-electron chi connectivity index (χ4n) is 1.47. The summed E-state index contributed by atoms with van der Waals surface area (Å²) in [6, 6.07) is 4.80. The van der Waals surface area contributed by atoms with Gasteiger partial charge in [-0.1, -0.05) is 15.9 Å². The van der Waals surface area contributed by atoms with E-state index < -0.39 is 12.0 Å². The summed E-state index contributed by atoms with van der Waals surface area (Å²) in [7, 11) is 1.60. The lowest BCUT2D eigenvalue weighted by molar-refractivity contribution is -0.142. The van der Waals surface area contributed by atoms with Crippen molar-refractivity contribution >= 4 is 33.5 Å². The van der Waals surface area contributed by atoms with Crippen LogP contribution in [0.25, 0.3) is 0 Å². The Morgan fingerprint density at radius 1 is 1.47 bits per heavy atom. The fraction of sp³-hybridized carbons (Fsp3) is 0.385. The number of nitrogens with one attached hydrogen (secondary N) is 1. The summed E-state index contributed by atoms with van der Waals surface area (Å²) in [4.78, 5) is 24.0. The zero-order valence-electron chi connectivity index (χ0n) is 11.1. The molecule has 0 fully saturated rings. The Hall–Kier alpha value is -1.40. The van der Waals surface area contributed by atoms with E-state index in [2.05, 4.69) is 21.2 Å². The smallest absolute Gasteiger partial charge is 0.320 e. The average Bonchev–Trinajstić information content (AvgIpc) is 2.32. The Kier molecular flexibility index (Phi) is 5.50. The summed E-state index contributed by atoms with van der Waals surface area (Å²) in [5.74, 6) is -1.19. The van der Waals surface area contributed by atoms with Gasteiger partial charge < -0.3 is 10.4 Å². The summed E-state index contributed by atoms with van der Waals surface area (Å²) >= 11 is 3.38. The first-order valence-corrected chi connectivity index (χ1v) is 6.59. The van der Waals surface area contributed by atoms with E-state index in [1.165, 1.54) is 4.90 Å². The van der Waals surface area contributed by atoms with Gasteiger partial charge in [-0.05, 0) is 44.7 Å². The van der Waals surface area contributed by atoms with Crippen molar-refractivity contribution in [3.8, 4) is 0 Å². The molecule has 1 unspecified atom stereocenters. The molecule has 0 spiro atoms. The number of halogens is 1. The summed E-state index contributed by atoms with van der Waals surface area (Å²) < 4.78 is 0.974. The number of amides is 1. The molecule has 0 radical (unpaired) electrons. The van der Waals surface area contributed by atoms with E-state index in [-0.39, 0.29) is 12.5 Å². The lowest BCUT2D eigenvalue weighted by Gasteiger charge is -2.20. The number of carboxylic acids is 1. The van der Waals surface area contributed by atoms with Crippen molar-refractivity contribution in [2.24, 2.45) is 0 Å².